The number of fused-ring (bicyclic) bond motifs is 1. The van der Waals surface area contributed by atoms with Gasteiger partial charge in [0.1, 0.15) is 5.11 Å². The van der Waals surface area contributed by atoms with Crippen LogP contribution in [0.5, 0.6) is 0 Å². The SMILES string of the molecule is CCCCSS1=C(N)N(C)c2ccccc21. The number of para-hydroxylation sites is 1. The summed E-state index contributed by atoms with van der Waals surface area (Å²) in [5, 5.41) is 1.00. The van der Waals surface area contributed by atoms with Crippen LogP contribution in [-0.2, 0) is 0 Å². The largest absolute Gasteiger partial charge is 0.329 e. The molecule has 88 valence electrons. The van der Waals surface area contributed by atoms with Crippen molar-refractivity contribution in [1.82, 2.24) is 0 Å². The smallest absolute Gasteiger partial charge is 0.122 e. The normalized spacial score (nSPS) is 19.1. The molecule has 1 aromatic rings. The van der Waals surface area contributed by atoms with E-state index < -0.39 is 0 Å². The Morgan fingerprint density at radius 3 is 2.88 bits per heavy atom. The van der Waals surface area contributed by atoms with E-state index in [1.807, 2.05) is 10.8 Å². The molecule has 1 heterocycles. The molecule has 1 atom stereocenters. The lowest BCUT2D eigenvalue weighted by Crippen LogP contribution is -2.30. The van der Waals surface area contributed by atoms with Crippen molar-refractivity contribution in [3.63, 3.8) is 0 Å². The highest BCUT2D eigenvalue weighted by atomic mass is 33.1. The lowest BCUT2D eigenvalue weighted by atomic mass is 10.3. The van der Waals surface area contributed by atoms with Crippen LogP contribution in [0, 0.1) is 0 Å². The summed E-state index contributed by atoms with van der Waals surface area (Å²) < 4.78 is 0. The summed E-state index contributed by atoms with van der Waals surface area (Å²) in [5.41, 5.74) is 7.46. The fourth-order valence-electron chi connectivity index (χ4n) is 1.66. The van der Waals surface area contributed by atoms with Crippen LogP contribution in [0.15, 0.2) is 29.2 Å². The van der Waals surface area contributed by atoms with Gasteiger partial charge in [-0.3, -0.25) is 5.73 Å². The fourth-order valence-corrected chi connectivity index (χ4v) is 6.00. The van der Waals surface area contributed by atoms with Crippen molar-refractivity contribution in [3.8, 4) is 0 Å². The molecular weight excluding hydrogens is 236 g/mol. The van der Waals surface area contributed by atoms with E-state index in [0.717, 1.165) is 5.11 Å². The number of nitrogens with zero attached hydrogens (tertiary/aromatic N) is 1. The zero-order valence-corrected chi connectivity index (χ0v) is 11.4. The molecule has 0 aromatic heterocycles. The number of rotatable bonds is 4. The molecule has 1 aliphatic rings. The molecule has 0 saturated carbocycles. The number of unbranched alkanes of at least 4 members (excludes halogenated alkanes) is 1. The van der Waals surface area contributed by atoms with Crippen molar-refractivity contribution in [2.24, 2.45) is 5.73 Å². The molecule has 0 fully saturated rings. The van der Waals surface area contributed by atoms with Crippen LogP contribution in [0.4, 0.5) is 5.69 Å². The Balaban J connectivity index is 2.23. The van der Waals surface area contributed by atoms with E-state index in [-0.39, 0.29) is 9.52 Å². The van der Waals surface area contributed by atoms with Crippen molar-refractivity contribution in [2.45, 2.75) is 24.7 Å². The van der Waals surface area contributed by atoms with Crippen molar-refractivity contribution < 1.29 is 0 Å². The van der Waals surface area contributed by atoms with Gasteiger partial charge in [0.25, 0.3) is 0 Å². The molecule has 0 spiro atoms. The maximum absolute atomic E-state index is 6.19. The van der Waals surface area contributed by atoms with Crippen LogP contribution in [0.1, 0.15) is 19.8 Å². The van der Waals surface area contributed by atoms with Gasteiger partial charge in [0.05, 0.1) is 5.69 Å². The summed E-state index contributed by atoms with van der Waals surface area (Å²) in [7, 11) is 4.10. The van der Waals surface area contributed by atoms with Gasteiger partial charge in [0.2, 0.25) is 0 Å². The van der Waals surface area contributed by atoms with E-state index in [1.54, 1.807) is 0 Å². The lowest BCUT2D eigenvalue weighted by Gasteiger charge is -2.12. The maximum Gasteiger partial charge on any atom is 0.122 e. The first kappa shape index (κ1) is 12.0. The van der Waals surface area contributed by atoms with Gasteiger partial charge in [-0.05, 0) is 18.6 Å². The van der Waals surface area contributed by atoms with Gasteiger partial charge in [0, 0.05) is 17.7 Å². The molecule has 4 heteroatoms. The van der Waals surface area contributed by atoms with E-state index in [9.17, 15) is 0 Å². The van der Waals surface area contributed by atoms with E-state index >= 15 is 0 Å². The van der Waals surface area contributed by atoms with Gasteiger partial charge < -0.3 is 4.90 Å². The van der Waals surface area contributed by atoms with E-state index in [4.69, 9.17) is 5.73 Å². The van der Waals surface area contributed by atoms with Crippen LogP contribution >= 0.6 is 20.3 Å². The van der Waals surface area contributed by atoms with Gasteiger partial charge in [-0.15, -0.1) is 0 Å². The summed E-state index contributed by atoms with van der Waals surface area (Å²) in [4.78, 5) is 3.51. The molecule has 2 N–H and O–H groups in total. The molecule has 2 rings (SSSR count). The average Bonchev–Trinajstić information content (AvgIpc) is 2.55. The van der Waals surface area contributed by atoms with Gasteiger partial charge in [-0.25, -0.2) is 0 Å². The van der Waals surface area contributed by atoms with Gasteiger partial charge in [0.15, 0.2) is 0 Å². The minimum absolute atomic E-state index is 0.0585. The van der Waals surface area contributed by atoms with Crippen LogP contribution < -0.4 is 10.6 Å². The highest BCUT2D eigenvalue weighted by molar-refractivity contribution is 8.84. The van der Waals surface area contributed by atoms with Crippen LogP contribution in [0.2, 0.25) is 0 Å². The van der Waals surface area contributed by atoms with E-state index in [2.05, 4.69) is 43.1 Å². The molecule has 16 heavy (non-hydrogen) atoms. The first-order valence-corrected chi connectivity index (χ1v) is 8.31. The number of anilines is 1. The molecule has 0 aliphatic carbocycles. The molecule has 0 radical (unpaired) electrons. The Hall–Kier alpha value is -0.450. The van der Waals surface area contributed by atoms with Crippen molar-refractivity contribution in [3.05, 3.63) is 24.3 Å². The Morgan fingerprint density at radius 2 is 2.12 bits per heavy atom. The third-order valence-electron chi connectivity index (χ3n) is 2.65. The Labute approximate surface area is 104 Å². The summed E-state index contributed by atoms with van der Waals surface area (Å²) in [6.07, 6.45) is 2.52. The van der Waals surface area contributed by atoms with Crippen LogP contribution in [-0.4, -0.2) is 17.9 Å². The molecule has 0 saturated heterocycles. The number of hydrogen-bond donors (Lipinski definition) is 1. The standard InChI is InChI=1S/C12H18N2S2/c1-3-4-9-15-16-11-8-6-5-7-10(11)14(2)12(16)13/h5-8H,3-4,9,13H2,1-2H3. The molecule has 1 aliphatic heterocycles. The predicted octanol–water partition coefficient (Wildman–Crippen LogP) is 3.26. The quantitative estimate of drug-likeness (QED) is 0.508. The highest BCUT2D eigenvalue weighted by Crippen LogP contribution is 2.49. The second-order valence-electron chi connectivity index (χ2n) is 3.81. The van der Waals surface area contributed by atoms with Crippen LogP contribution in [0.3, 0.4) is 0 Å². The fraction of sp³-hybridized carbons (Fsp3) is 0.417. The lowest BCUT2D eigenvalue weighted by molar-refractivity contribution is 0.898. The molecule has 2 nitrogen and oxygen atoms in total. The molecule has 1 aromatic carbocycles. The summed E-state index contributed by atoms with van der Waals surface area (Å²) in [6.45, 7) is 2.23. The first-order valence-electron chi connectivity index (χ1n) is 5.58. The number of benzene rings is 1. The maximum atomic E-state index is 6.19. The highest BCUT2D eigenvalue weighted by Gasteiger charge is 2.22. The van der Waals surface area contributed by atoms with Crippen molar-refractivity contribution in [2.75, 3.05) is 17.7 Å². The van der Waals surface area contributed by atoms with Crippen molar-refractivity contribution >= 4 is 31.1 Å². The van der Waals surface area contributed by atoms with E-state index in [1.165, 1.54) is 29.2 Å². The van der Waals surface area contributed by atoms with Gasteiger partial charge >= 0.3 is 0 Å². The average molecular weight is 254 g/mol. The van der Waals surface area contributed by atoms with Crippen LogP contribution in [0.25, 0.3) is 0 Å². The number of nitrogens with two attached hydrogens (primary N) is 1. The molecule has 0 amide bonds. The minimum atomic E-state index is 0.0585. The summed E-state index contributed by atoms with van der Waals surface area (Å²) in [5.74, 6) is 1.20. The second-order valence-corrected chi connectivity index (χ2v) is 7.56. The first-order chi connectivity index (χ1) is 7.75. The third-order valence-corrected chi connectivity index (χ3v) is 6.99. The predicted molar refractivity (Wildman–Crippen MR) is 77.3 cm³/mol. The third kappa shape index (κ3) is 2.14. The zero-order chi connectivity index (χ0) is 11.5. The molecule has 0 bridgehead atoms. The Bertz CT molecular complexity index is 415. The molecule has 1 unspecified atom stereocenters. The second kappa shape index (κ2) is 5.25. The van der Waals surface area contributed by atoms with E-state index in [0.29, 0.717) is 0 Å². The molecular formula is C12H18N2S2. The van der Waals surface area contributed by atoms with Gasteiger partial charge in [-0.1, -0.05) is 45.8 Å². The monoisotopic (exact) mass is 254 g/mol. The van der Waals surface area contributed by atoms with Gasteiger partial charge in [-0.2, -0.15) is 0 Å². The zero-order valence-electron chi connectivity index (χ0n) is 9.77. The van der Waals surface area contributed by atoms with Crippen molar-refractivity contribution in [1.29, 1.82) is 0 Å². The Kier molecular flexibility index (Phi) is 3.95. The summed E-state index contributed by atoms with van der Waals surface area (Å²) >= 11 is 0. The number of hydrogen-bond acceptors (Lipinski definition) is 3. The Morgan fingerprint density at radius 1 is 1.38 bits per heavy atom. The minimum Gasteiger partial charge on any atom is -0.329 e. The summed E-state index contributed by atoms with van der Waals surface area (Å²) in [6, 6.07) is 8.53. The topological polar surface area (TPSA) is 29.3 Å².